The first-order chi connectivity index (χ1) is 10.4. The van der Waals surface area contributed by atoms with Crippen LogP contribution in [0.2, 0.25) is 5.02 Å². The molecule has 1 aliphatic heterocycles. The molecule has 0 aliphatic carbocycles. The average molecular weight is 380 g/mol. The molecule has 1 aromatic carbocycles. The molecule has 0 aromatic heterocycles. The van der Waals surface area contributed by atoms with Crippen LogP contribution in [0.3, 0.4) is 0 Å². The summed E-state index contributed by atoms with van der Waals surface area (Å²) in [4.78, 5) is 0.0269. The Kier molecular flexibility index (Phi) is 7.27. The Labute approximate surface area is 147 Å². The van der Waals surface area contributed by atoms with E-state index >= 15 is 0 Å². The minimum atomic E-state index is -3.71. The summed E-state index contributed by atoms with van der Waals surface area (Å²) in [5.41, 5.74) is -0.248. The van der Waals surface area contributed by atoms with E-state index in [-0.39, 0.29) is 40.0 Å². The molecule has 0 spiro atoms. The maximum atomic E-state index is 12.4. The van der Waals surface area contributed by atoms with Crippen LogP contribution in [0.4, 0.5) is 0 Å². The Bertz CT molecular complexity index is 683. The lowest BCUT2D eigenvalue weighted by Gasteiger charge is -2.28. The molecular weight excluding hydrogens is 361 g/mol. The van der Waals surface area contributed by atoms with Gasteiger partial charge in [-0.3, -0.25) is 0 Å². The van der Waals surface area contributed by atoms with E-state index in [1.54, 1.807) is 7.11 Å². The largest absolute Gasteiger partial charge is 0.383 e. The van der Waals surface area contributed by atoms with Gasteiger partial charge in [-0.15, -0.1) is 12.4 Å². The van der Waals surface area contributed by atoms with Gasteiger partial charge >= 0.3 is 0 Å². The number of nitriles is 1. The van der Waals surface area contributed by atoms with Gasteiger partial charge in [0.15, 0.2) is 0 Å². The maximum absolute atomic E-state index is 12.4. The summed E-state index contributed by atoms with van der Waals surface area (Å²) < 4.78 is 32.6. The smallest absolute Gasteiger partial charge is 0.240 e. The monoisotopic (exact) mass is 379 g/mol. The molecular formula is C14H19Cl2N3O3S. The van der Waals surface area contributed by atoms with Crippen molar-refractivity contribution in [2.45, 2.75) is 23.3 Å². The second kappa shape index (κ2) is 8.29. The van der Waals surface area contributed by atoms with Gasteiger partial charge in [-0.05, 0) is 37.6 Å². The number of benzene rings is 1. The molecule has 23 heavy (non-hydrogen) atoms. The SMILES string of the molecule is COCC1(CNS(=O)(=O)c2ccc(Cl)c(C#N)c2)CCCN1.Cl. The van der Waals surface area contributed by atoms with Crippen LogP contribution < -0.4 is 10.0 Å². The summed E-state index contributed by atoms with van der Waals surface area (Å²) in [6, 6.07) is 5.95. The van der Waals surface area contributed by atoms with Crippen LogP contribution in [-0.4, -0.2) is 40.8 Å². The van der Waals surface area contributed by atoms with Gasteiger partial charge in [0.1, 0.15) is 6.07 Å². The standard InChI is InChI=1S/C14H18ClN3O3S.ClH/c1-21-10-14(5-2-6-17-14)9-18-22(19,20)12-3-4-13(15)11(7-12)8-16;/h3-4,7,17-18H,2,5-6,9-10H2,1H3;1H. The van der Waals surface area contributed by atoms with Gasteiger partial charge in [0.2, 0.25) is 10.0 Å². The fourth-order valence-electron chi connectivity index (χ4n) is 2.54. The molecule has 128 valence electrons. The zero-order valence-corrected chi connectivity index (χ0v) is 15.0. The van der Waals surface area contributed by atoms with E-state index in [9.17, 15) is 8.42 Å². The van der Waals surface area contributed by atoms with Gasteiger partial charge in [-0.25, -0.2) is 13.1 Å². The predicted molar refractivity (Wildman–Crippen MR) is 90.4 cm³/mol. The fourth-order valence-corrected chi connectivity index (χ4v) is 3.86. The highest BCUT2D eigenvalue weighted by Crippen LogP contribution is 2.22. The molecule has 0 saturated carbocycles. The summed E-state index contributed by atoms with van der Waals surface area (Å²) >= 11 is 5.83. The van der Waals surface area contributed by atoms with E-state index in [4.69, 9.17) is 21.6 Å². The van der Waals surface area contributed by atoms with E-state index in [0.717, 1.165) is 19.4 Å². The summed E-state index contributed by atoms with van der Waals surface area (Å²) in [5.74, 6) is 0. The molecule has 1 unspecified atom stereocenters. The van der Waals surface area contributed by atoms with E-state index < -0.39 is 10.0 Å². The topological polar surface area (TPSA) is 91.2 Å². The van der Waals surface area contributed by atoms with Crippen LogP contribution in [0.25, 0.3) is 0 Å². The first kappa shape index (κ1) is 20.2. The van der Waals surface area contributed by atoms with E-state index in [1.807, 2.05) is 6.07 Å². The highest BCUT2D eigenvalue weighted by Gasteiger charge is 2.34. The molecule has 6 nitrogen and oxygen atoms in total. The summed E-state index contributed by atoms with van der Waals surface area (Å²) in [5, 5.41) is 12.5. The number of nitrogens with one attached hydrogen (secondary N) is 2. The minimum Gasteiger partial charge on any atom is -0.383 e. The van der Waals surface area contributed by atoms with Crippen LogP contribution >= 0.6 is 24.0 Å². The Balaban J connectivity index is 0.00000264. The number of hydrogen-bond donors (Lipinski definition) is 2. The van der Waals surface area contributed by atoms with Crippen molar-refractivity contribution in [3.05, 3.63) is 28.8 Å². The van der Waals surface area contributed by atoms with Crippen molar-refractivity contribution in [1.82, 2.24) is 10.0 Å². The Hall–Kier alpha value is -0.880. The van der Waals surface area contributed by atoms with Gasteiger partial charge in [0.25, 0.3) is 0 Å². The predicted octanol–water partition coefficient (Wildman–Crippen LogP) is 1.68. The summed E-state index contributed by atoms with van der Waals surface area (Å²) in [6.07, 6.45) is 1.82. The molecule has 0 bridgehead atoms. The lowest BCUT2D eigenvalue weighted by atomic mass is 9.99. The number of halogens is 2. The molecule has 0 amide bonds. The third-order valence-corrected chi connectivity index (χ3v) is 5.45. The number of sulfonamides is 1. The van der Waals surface area contributed by atoms with Crippen molar-refractivity contribution >= 4 is 34.0 Å². The average Bonchev–Trinajstić information content (AvgIpc) is 2.95. The van der Waals surface area contributed by atoms with Crippen molar-refractivity contribution in [3.63, 3.8) is 0 Å². The van der Waals surface area contributed by atoms with Crippen molar-refractivity contribution in [3.8, 4) is 6.07 Å². The molecule has 1 atom stereocenters. The Morgan fingerprint density at radius 1 is 1.52 bits per heavy atom. The molecule has 2 N–H and O–H groups in total. The zero-order valence-electron chi connectivity index (χ0n) is 12.6. The molecule has 0 radical (unpaired) electrons. The first-order valence-electron chi connectivity index (χ1n) is 6.86. The van der Waals surface area contributed by atoms with Crippen LogP contribution in [-0.2, 0) is 14.8 Å². The van der Waals surface area contributed by atoms with Crippen LogP contribution in [0.1, 0.15) is 18.4 Å². The molecule has 1 fully saturated rings. The second-order valence-corrected chi connectivity index (χ2v) is 7.50. The van der Waals surface area contributed by atoms with Crippen molar-refractivity contribution in [1.29, 1.82) is 5.26 Å². The van der Waals surface area contributed by atoms with Gasteiger partial charge < -0.3 is 10.1 Å². The normalized spacial score (nSPS) is 20.7. The van der Waals surface area contributed by atoms with Gasteiger partial charge in [0, 0.05) is 13.7 Å². The molecule has 1 heterocycles. The number of methoxy groups -OCH3 is 1. The van der Waals surface area contributed by atoms with Gasteiger partial charge in [-0.1, -0.05) is 11.6 Å². The molecule has 2 rings (SSSR count). The third kappa shape index (κ3) is 4.80. The minimum absolute atomic E-state index is 0. The highest BCUT2D eigenvalue weighted by molar-refractivity contribution is 7.89. The van der Waals surface area contributed by atoms with E-state index in [2.05, 4.69) is 10.0 Å². The lowest BCUT2D eigenvalue weighted by molar-refractivity contribution is 0.122. The second-order valence-electron chi connectivity index (χ2n) is 5.32. The Morgan fingerprint density at radius 3 is 2.83 bits per heavy atom. The maximum Gasteiger partial charge on any atom is 0.240 e. The van der Waals surface area contributed by atoms with Crippen molar-refractivity contribution in [2.24, 2.45) is 0 Å². The number of hydrogen-bond acceptors (Lipinski definition) is 5. The third-order valence-electron chi connectivity index (χ3n) is 3.72. The number of nitrogens with zero attached hydrogens (tertiary/aromatic N) is 1. The van der Waals surface area contributed by atoms with Crippen molar-refractivity contribution in [2.75, 3.05) is 26.8 Å². The van der Waals surface area contributed by atoms with Crippen LogP contribution in [0.5, 0.6) is 0 Å². The summed E-state index contributed by atoms with van der Waals surface area (Å²) in [6.45, 7) is 1.50. The van der Waals surface area contributed by atoms with E-state index in [1.165, 1.54) is 18.2 Å². The first-order valence-corrected chi connectivity index (χ1v) is 8.72. The molecule has 1 saturated heterocycles. The highest BCUT2D eigenvalue weighted by atomic mass is 35.5. The van der Waals surface area contributed by atoms with Gasteiger partial charge in [-0.2, -0.15) is 5.26 Å². The summed E-state index contributed by atoms with van der Waals surface area (Å²) in [7, 11) is -2.12. The van der Waals surface area contributed by atoms with Crippen LogP contribution in [0.15, 0.2) is 23.1 Å². The van der Waals surface area contributed by atoms with Gasteiger partial charge in [0.05, 0.1) is 27.6 Å². The van der Waals surface area contributed by atoms with E-state index in [0.29, 0.717) is 6.61 Å². The number of ether oxygens (including phenoxy) is 1. The van der Waals surface area contributed by atoms with Crippen molar-refractivity contribution < 1.29 is 13.2 Å². The molecule has 1 aromatic rings. The lowest BCUT2D eigenvalue weighted by Crippen LogP contribution is -2.52. The fraction of sp³-hybridized carbons (Fsp3) is 0.500. The molecule has 1 aliphatic rings. The molecule has 9 heteroatoms. The Morgan fingerprint density at radius 2 is 2.26 bits per heavy atom. The van der Waals surface area contributed by atoms with Crippen LogP contribution in [0, 0.1) is 11.3 Å². The zero-order chi connectivity index (χ0) is 16.2. The number of rotatable bonds is 6. The quantitative estimate of drug-likeness (QED) is 0.784.